The molecule has 3 rings (SSSR count). The largest absolute Gasteiger partial charge is 0.290 e. The summed E-state index contributed by atoms with van der Waals surface area (Å²) in [7, 11) is 1.78. The minimum absolute atomic E-state index is 0.0219. The third-order valence-corrected chi connectivity index (χ3v) is 5.90. The average molecular weight is 337 g/mol. The first kappa shape index (κ1) is 14.7. The van der Waals surface area contributed by atoms with Crippen LogP contribution in [0, 0.1) is 0 Å². The Morgan fingerprint density at radius 1 is 1.33 bits per heavy atom. The molecule has 0 bridgehead atoms. The summed E-state index contributed by atoms with van der Waals surface area (Å²) in [6.45, 7) is 2.16. The molecule has 0 unspecified atom stereocenters. The molecular weight excluding hydrogens is 322 g/mol. The highest BCUT2D eigenvalue weighted by Crippen LogP contribution is 2.24. The number of aromatic nitrogens is 3. The minimum atomic E-state index is 0.0219. The summed E-state index contributed by atoms with van der Waals surface area (Å²) in [6.07, 6.45) is 2.15. The predicted octanol–water partition coefficient (Wildman–Crippen LogP) is 3.70. The van der Waals surface area contributed by atoms with E-state index in [9.17, 15) is 4.79 Å². The van der Waals surface area contributed by atoms with Crippen LogP contribution < -0.4 is 5.56 Å². The van der Waals surface area contributed by atoms with Gasteiger partial charge in [-0.1, -0.05) is 18.7 Å². The molecule has 0 fully saturated rings. The molecule has 21 heavy (non-hydrogen) atoms. The topological polar surface area (TPSA) is 47.8 Å². The fraction of sp³-hybridized carbons (Fsp3) is 0.357. The zero-order valence-corrected chi connectivity index (χ0v) is 14.3. The van der Waals surface area contributed by atoms with Crippen molar-refractivity contribution in [2.24, 2.45) is 7.05 Å². The highest BCUT2D eigenvalue weighted by molar-refractivity contribution is 7.98. The number of fused-ring (bicyclic) bond motifs is 1. The van der Waals surface area contributed by atoms with E-state index in [1.54, 1.807) is 34.7 Å². The van der Waals surface area contributed by atoms with Gasteiger partial charge in [0.25, 0.3) is 5.56 Å². The van der Waals surface area contributed by atoms with E-state index < -0.39 is 0 Å². The van der Waals surface area contributed by atoms with E-state index in [4.69, 9.17) is 0 Å². The standard InChI is InChI=1S/C14H15N3OS3/c1-3-4-11-15-9(7-20-11)8-21-14-16-12-10(5-6-19-12)13(18)17(14)2/h5-7H,3-4,8H2,1-2H3. The van der Waals surface area contributed by atoms with Crippen LogP contribution in [0.5, 0.6) is 0 Å². The molecule has 0 radical (unpaired) electrons. The maximum atomic E-state index is 12.2. The van der Waals surface area contributed by atoms with Crippen LogP contribution in [0.2, 0.25) is 0 Å². The SMILES string of the molecule is CCCc1nc(CSc2nc3sccc3c(=O)n2C)cs1. The van der Waals surface area contributed by atoms with Crippen molar-refractivity contribution in [3.8, 4) is 0 Å². The average Bonchev–Trinajstić information content (AvgIpc) is 3.11. The van der Waals surface area contributed by atoms with Gasteiger partial charge in [-0.2, -0.15) is 0 Å². The number of thiazole rings is 1. The van der Waals surface area contributed by atoms with E-state index in [2.05, 4.69) is 22.3 Å². The van der Waals surface area contributed by atoms with Crippen molar-refractivity contribution in [2.75, 3.05) is 0 Å². The Morgan fingerprint density at radius 3 is 3.00 bits per heavy atom. The van der Waals surface area contributed by atoms with Gasteiger partial charge in [0, 0.05) is 18.2 Å². The van der Waals surface area contributed by atoms with Crippen LogP contribution in [0.1, 0.15) is 24.0 Å². The van der Waals surface area contributed by atoms with Gasteiger partial charge in [-0.05, 0) is 24.3 Å². The Balaban J connectivity index is 1.81. The molecule has 7 heteroatoms. The van der Waals surface area contributed by atoms with Crippen molar-refractivity contribution in [3.63, 3.8) is 0 Å². The van der Waals surface area contributed by atoms with Crippen LogP contribution in [0.25, 0.3) is 10.2 Å². The lowest BCUT2D eigenvalue weighted by Crippen LogP contribution is -2.19. The molecule has 0 saturated heterocycles. The van der Waals surface area contributed by atoms with Crippen LogP contribution in [0.4, 0.5) is 0 Å². The Labute approximate surface area is 134 Å². The molecule has 3 aromatic heterocycles. The number of rotatable bonds is 5. The number of nitrogens with zero attached hydrogens (tertiary/aromatic N) is 3. The molecule has 0 aliphatic rings. The first-order valence-electron chi connectivity index (χ1n) is 6.69. The third-order valence-electron chi connectivity index (χ3n) is 3.08. The first-order valence-corrected chi connectivity index (χ1v) is 9.44. The van der Waals surface area contributed by atoms with Gasteiger partial charge in [0.1, 0.15) is 4.83 Å². The quantitative estimate of drug-likeness (QED) is 0.526. The Hall–Kier alpha value is -1.18. The molecule has 110 valence electrons. The lowest BCUT2D eigenvalue weighted by atomic mass is 10.3. The second-order valence-electron chi connectivity index (χ2n) is 4.67. The van der Waals surface area contributed by atoms with Crippen LogP contribution in [-0.4, -0.2) is 14.5 Å². The first-order chi connectivity index (χ1) is 10.2. The molecule has 0 aliphatic heterocycles. The molecule has 4 nitrogen and oxygen atoms in total. The Kier molecular flexibility index (Phi) is 4.42. The van der Waals surface area contributed by atoms with Gasteiger partial charge in [0.2, 0.25) is 0 Å². The van der Waals surface area contributed by atoms with Crippen molar-refractivity contribution in [3.05, 3.63) is 37.9 Å². The van der Waals surface area contributed by atoms with E-state index in [1.165, 1.54) is 16.3 Å². The van der Waals surface area contributed by atoms with Crippen molar-refractivity contribution in [2.45, 2.75) is 30.7 Å². The van der Waals surface area contributed by atoms with Crippen molar-refractivity contribution >= 4 is 44.7 Å². The van der Waals surface area contributed by atoms with E-state index in [0.29, 0.717) is 5.39 Å². The van der Waals surface area contributed by atoms with Gasteiger partial charge in [-0.25, -0.2) is 9.97 Å². The fourth-order valence-electron chi connectivity index (χ4n) is 1.99. The van der Waals surface area contributed by atoms with Crippen LogP contribution >= 0.6 is 34.4 Å². The molecule has 0 atom stereocenters. The fourth-order valence-corrected chi connectivity index (χ4v) is 4.67. The Morgan fingerprint density at radius 2 is 2.19 bits per heavy atom. The van der Waals surface area contributed by atoms with Gasteiger partial charge in [-0.15, -0.1) is 22.7 Å². The van der Waals surface area contributed by atoms with Gasteiger partial charge in [0.15, 0.2) is 5.16 Å². The van der Waals surface area contributed by atoms with Gasteiger partial charge >= 0.3 is 0 Å². The van der Waals surface area contributed by atoms with Crippen molar-refractivity contribution < 1.29 is 0 Å². The monoisotopic (exact) mass is 337 g/mol. The summed E-state index contributed by atoms with van der Waals surface area (Å²) < 4.78 is 1.62. The number of thioether (sulfide) groups is 1. The molecule has 0 N–H and O–H groups in total. The van der Waals surface area contributed by atoms with Gasteiger partial charge < -0.3 is 0 Å². The van der Waals surface area contributed by atoms with E-state index in [1.807, 2.05) is 11.4 Å². The summed E-state index contributed by atoms with van der Waals surface area (Å²) in [6, 6.07) is 1.83. The summed E-state index contributed by atoms with van der Waals surface area (Å²) in [5.74, 6) is 0.747. The number of thiophene rings is 1. The summed E-state index contributed by atoms with van der Waals surface area (Å²) >= 11 is 4.78. The lowest BCUT2D eigenvalue weighted by Gasteiger charge is -2.05. The zero-order chi connectivity index (χ0) is 14.8. The highest BCUT2D eigenvalue weighted by Gasteiger charge is 2.10. The van der Waals surface area contributed by atoms with Crippen molar-refractivity contribution in [1.82, 2.24) is 14.5 Å². The zero-order valence-electron chi connectivity index (χ0n) is 11.8. The molecule has 3 aromatic rings. The van der Waals surface area contributed by atoms with Crippen LogP contribution in [0.15, 0.2) is 26.8 Å². The second kappa shape index (κ2) is 6.29. The third kappa shape index (κ3) is 3.04. The number of hydrogen-bond acceptors (Lipinski definition) is 6. The molecule has 0 aromatic carbocycles. The van der Waals surface area contributed by atoms with E-state index >= 15 is 0 Å². The molecule has 0 saturated carbocycles. The molecule has 0 aliphatic carbocycles. The molecule has 3 heterocycles. The van der Waals surface area contributed by atoms with E-state index in [0.717, 1.165) is 34.3 Å². The highest BCUT2D eigenvalue weighted by atomic mass is 32.2. The predicted molar refractivity (Wildman–Crippen MR) is 90.5 cm³/mol. The summed E-state index contributed by atoms with van der Waals surface area (Å²) in [5, 5.41) is 6.64. The minimum Gasteiger partial charge on any atom is -0.290 e. The number of aryl methyl sites for hydroxylation is 1. The molecule has 0 amide bonds. The lowest BCUT2D eigenvalue weighted by molar-refractivity contribution is 0.728. The van der Waals surface area contributed by atoms with E-state index in [-0.39, 0.29) is 5.56 Å². The van der Waals surface area contributed by atoms with Gasteiger partial charge in [-0.3, -0.25) is 9.36 Å². The molecule has 0 spiro atoms. The smallest absolute Gasteiger partial charge is 0.262 e. The maximum absolute atomic E-state index is 12.2. The molecular formula is C14H15N3OS3. The summed E-state index contributed by atoms with van der Waals surface area (Å²) in [4.78, 5) is 22.2. The second-order valence-corrected chi connectivity index (χ2v) is 7.45. The van der Waals surface area contributed by atoms with Crippen LogP contribution in [0.3, 0.4) is 0 Å². The number of hydrogen-bond donors (Lipinski definition) is 0. The Bertz CT molecular complexity index is 818. The van der Waals surface area contributed by atoms with Crippen LogP contribution in [-0.2, 0) is 19.2 Å². The maximum Gasteiger partial charge on any atom is 0.262 e. The van der Waals surface area contributed by atoms with Gasteiger partial charge in [0.05, 0.1) is 16.1 Å². The summed E-state index contributed by atoms with van der Waals surface area (Å²) in [5.41, 5.74) is 1.09. The normalized spacial score (nSPS) is 11.3. The van der Waals surface area contributed by atoms with Crippen molar-refractivity contribution in [1.29, 1.82) is 0 Å².